The number of hydrogen-bond donors (Lipinski definition) is 1. The number of carbonyl (C=O) groups excluding carboxylic acids is 3. The van der Waals surface area contributed by atoms with Crippen molar-refractivity contribution in [2.75, 3.05) is 18.5 Å². The fourth-order valence-corrected chi connectivity index (χ4v) is 3.38. The summed E-state index contributed by atoms with van der Waals surface area (Å²) in [5.74, 6) is -0.767. The van der Waals surface area contributed by atoms with E-state index in [0.717, 1.165) is 34.4 Å². The van der Waals surface area contributed by atoms with E-state index in [-0.39, 0.29) is 4.91 Å². The molecule has 1 fully saturated rings. The first-order chi connectivity index (χ1) is 14.0. The number of nitrogens with zero attached hydrogens (tertiary/aromatic N) is 1. The average molecular weight is 414 g/mol. The van der Waals surface area contributed by atoms with E-state index in [2.05, 4.69) is 5.32 Å². The summed E-state index contributed by atoms with van der Waals surface area (Å²) in [5.41, 5.74) is 1.12. The van der Waals surface area contributed by atoms with Gasteiger partial charge in [-0.25, -0.2) is 4.39 Å². The van der Waals surface area contributed by atoms with Crippen LogP contribution in [0.3, 0.4) is 0 Å². The molecule has 1 saturated heterocycles. The van der Waals surface area contributed by atoms with E-state index in [9.17, 15) is 18.8 Å². The molecule has 0 saturated carbocycles. The van der Waals surface area contributed by atoms with Crippen LogP contribution in [-0.2, 0) is 9.59 Å². The Labute approximate surface area is 171 Å². The molecular formula is C21H19FN2O4S. The second kappa shape index (κ2) is 9.38. The lowest BCUT2D eigenvalue weighted by atomic mass is 10.2. The number of benzene rings is 2. The standard InChI is InChI=1S/C21H19FN2O4S/c1-2-11-28-17-9-3-14(4-10-17)12-18-20(26)24(21(27)29-18)13-19(25)23-16-7-5-15(22)6-8-16/h3-10,12H,2,11,13H2,1H3,(H,23,25)/b18-12-. The Hall–Kier alpha value is -3.13. The first kappa shape index (κ1) is 20.6. The molecular weight excluding hydrogens is 395 g/mol. The fraction of sp³-hybridized carbons (Fsp3) is 0.190. The molecule has 1 N–H and O–H groups in total. The molecule has 2 aromatic rings. The van der Waals surface area contributed by atoms with E-state index in [1.807, 2.05) is 6.92 Å². The topological polar surface area (TPSA) is 75.7 Å². The summed E-state index contributed by atoms with van der Waals surface area (Å²) in [5, 5.41) is 2.01. The van der Waals surface area contributed by atoms with Gasteiger partial charge in [-0.3, -0.25) is 19.3 Å². The van der Waals surface area contributed by atoms with E-state index < -0.39 is 29.4 Å². The van der Waals surface area contributed by atoms with Crippen LogP contribution in [0.5, 0.6) is 5.75 Å². The van der Waals surface area contributed by atoms with Crippen molar-refractivity contribution in [3.63, 3.8) is 0 Å². The number of carbonyl (C=O) groups is 3. The van der Waals surface area contributed by atoms with Gasteiger partial charge in [0.05, 0.1) is 11.5 Å². The van der Waals surface area contributed by atoms with Gasteiger partial charge >= 0.3 is 0 Å². The van der Waals surface area contributed by atoms with Gasteiger partial charge in [0.1, 0.15) is 18.1 Å². The van der Waals surface area contributed by atoms with Gasteiger partial charge in [0, 0.05) is 5.69 Å². The molecule has 0 bridgehead atoms. The Balaban J connectivity index is 1.63. The van der Waals surface area contributed by atoms with Crippen molar-refractivity contribution in [1.29, 1.82) is 0 Å². The van der Waals surface area contributed by atoms with Crippen LogP contribution in [0.2, 0.25) is 0 Å². The highest BCUT2D eigenvalue weighted by molar-refractivity contribution is 8.18. The second-order valence-corrected chi connectivity index (χ2v) is 7.23. The summed E-state index contributed by atoms with van der Waals surface area (Å²) in [6.07, 6.45) is 2.51. The monoisotopic (exact) mass is 414 g/mol. The highest BCUT2D eigenvalue weighted by atomic mass is 32.2. The molecule has 3 rings (SSSR count). The van der Waals surface area contributed by atoms with Gasteiger partial charge in [-0.15, -0.1) is 0 Å². The first-order valence-corrected chi connectivity index (χ1v) is 9.81. The number of halogens is 1. The van der Waals surface area contributed by atoms with Crippen LogP contribution < -0.4 is 10.1 Å². The quantitative estimate of drug-likeness (QED) is 0.684. The molecule has 0 aromatic heterocycles. The van der Waals surface area contributed by atoms with Crippen LogP contribution in [0.15, 0.2) is 53.4 Å². The van der Waals surface area contributed by atoms with Gasteiger partial charge < -0.3 is 10.1 Å². The van der Waals surface area contributed by atoms with Crippen molar-refractivity contribution < 1.29 is 23.5 Å². The third-order valence-corrected chi connectivity index (χ3v) is 4.86. The van der Waals surface area contributed by atoms with Gasteiger partial charge in [-0.1, -0.05) is 19.1 Å². The van der Waals surface area contributed by atoms with E-state index in [1.165, 1.54) is 24.3 Å². The van der Waals surface area contributed by atoms with Gasteiger partial charge in [0.15, 0.2) is 0 Å². The minimum absolute atomic E-state index is 0.242. The zero-order chi connectivity index (χ0) is 20.8. The predicted octanol–water partition coefficient (Wildman–Crippen LogP) is 4.29. The maximum absolute atomic E-state index is 12.9. The summed E-state index contributed by atoms with van der Waals surface area (Å²) < 4.78 is 18.4. The second-order valence-electron chi connectivity index (χ2n) is 6.24. The minimum atomic E-state index is -0.544. The number of imide groups is 1. The molecule has 2 aromatic carbocycles. The summed E-state index contributed by atoms with van der Waals surface area (Å²) in [6.45, 7) is 2.23. The van der Waals surface area contributed by atoms with Crippen LogP contribution in [0.4, 0.5) is 14.9 Å². The van der Waals surface area contributed by atoms with Crippen molar-refractivity contribution in [3.8, 4) is 5.75 Å². The van der Waals surface area contributed by atoms with Crippen LogP contribution in [0.25, 0.3) is 6.08 Å². The Morgan fingerprint density at radius 2 is 1.83 bits per heavy atom. The molecule has 3 amide bonds. The Bertz CT molecular complexity index is 942. The number of nitrogens with one attached hydrogen (secondary N) is 1. The van der Waals surface area contributed by atoms with E-state index in [4.69, 9.17) is 4.74 Å². The summed E-state index contributed by atoms with van der Waals surface area (Å²) in [7, 11) is 0. The molecule has 29 heavy (non-hydrogen) atoms. The van der Waals surface area contributed by atoms with E-state index in [0.29, 0.717) is 12.3 Å². The van der Waals surface area contributed by atoms with Gasteiger partial charge in [-0.2, -0.15) is 0 Å². The molecule has 0 atom stereocenters. The Morgan fingerprint density at radius 3 is 2.48 bits per heavy atom. The fourth-order valence-electron chi connectivity index (χ4n) is 2.55. The highest BCUT2D eigenvalue weighted by Crippen LogP contribution is 2.32. The molecule has 1 aliphatic heterocycles. The van der Waals surface area contributed by atoms with E-state index in [1.54, 1.807) is 30.3 Å². The first-order valence-electron chi connectivity index (χ1n) is 9.00. The zero-order valence-corrected chi connectivity index (χ0v) is 16.5. The number of thioether (sulfide) groups is 1. The van der Waals surface area contributed by atoms with Crippen molar-refractivity contribution in [2.24, 2.45) is 0 Å². The van der Waals surface area contributed by atoms with Gasteiger partial charge in [0.25, 0.3) is 11.1 Å². The summed E-state index contributed by atoms with van der Waals surface area (Å²) >= 11 is 0.783. The van der Waals surface area contributed by atoms with Crippen LogP contribution in [0, 0.1) is 5.82 Å². The minimum Gasteiger partial charge on any atom is -0.494 e. The largest absolute Gasteiger partial charge is 0.494 e. The number of ether oxygens (including phenoxy) is 1. The maximum Gasteiger partial charge on any atom is 0.294 e. The molecule has 0 aliphatic carbocycles. The van der Waals surface area contributed by atoms with Gasteiger partial charge in [-0.05, 0) is 66.2 Å². The van der Waals surface area contributed by atoms with Crippen molar-refractivity contribution in [3.05, 3.63) is 64.8 Å². The van der Waals surface area contributed by atoms with Crippen molar-refractivity contribution in [1.82, 2.24) is 4.90 Å². The molecule has 0 spiro atoms. The Kier molecular flexibility index (Phi) is 6.66. The Morgan fingerprint density at radius 1 is 1.14 bits per heavy atom. The lowest BCUT2D eigenvalue weighted by molar-refractivity contribution is -0.127. The van der Waals surface area contributed by atoms with Crippen LogP contribution in [0.1, 0.15) is 18.9 Å². The molecule has 1 heterocycles. The van der Waals surface area contributed by atoms with Crippen LogP contribution in [-0.4, -0.2) is 35.1 Å². The lowest BCUT2D eigenvalue weighted by Gasteiger charge is -2.12. The average Bonchev–Trinajstić information content (AvgIpc) is 2.96. The lowest BCUT2D eigenvalue weighted by Crippen LogP contribution is -2.36. The molecule has 0 unspecified atom stereocenters. The molecule has 0 radical (unpaired) electrons. The van der Waals surface area contributed by atoms with Gasteiger partial charge in [0.2, 0.25) is 5.91 Å². The number of hydrogen-bond acceptors (Lipinski definition) is 5. The summed E-state index contributed by atoms with van der Waals surface area (Å²) in [4.78, 5) is 38.0. The smallest absolute Gasteiger partial charge is 0.294 e. The maximum atomic E-state index is 12.9. The van der Waals surface area contributed by atoms with Crippen molar-refractivity contribution >= 4 is 40.6 Å². The van der Waals surface area contributed by atoms with E-state index >= 15 is 0 Å². The number of anilines is 1. The SMILES string of the molecule is CCCOc1ccc(/C=C2\SC(=O)N(CC(=O)Nc3ccc(F)cc3)C2=O)cc1. The number of rotatable bonds is 7. The highest BCUT2D eigenvalue weighted by Gasteiger charge is 2.36. The number of amides is 3. The zero-order valence-electron chi connectivity index (χ0n) is 15.7. The third-order valence-electron chi connectivity index (χ3n) is 3.95. The molecule has 8 heteroatoms. The molecule has 6 nitrogen and oxygen atoms in total. The third kappa shape index (κ3) is 5.45. The van der Waals surface area contributed by atoms with Crippen LogP contribution >= 0.6 is 11.8 Å². The predicted molar refractivity (Wildman–Crippen MR) is 110 cm³/mol. The molecule has 150 valence electrons. The molecule has 1 aliphatic rings. The summed E-state index contributed by atoms with van der Waals surface area (Å²) in [6, 6.07) is 12.4. The van der Waals surface area contributed by atoms with Crippen molar-refractivity contribution in [2.45, 2.75) is 13.3 Å². The normalized spacial score (nSPS) is 15.1.